The summed E-state index contributed by atoms with van der Waals surface area (Å²) in [5.74, 6) is 0.825. The monoisotopic (exact) mass is 337 g/mol. The Morgan fingerprint density at radius 2 is 1.80 bits per heavy atom. The molecule has 0 radical (unpaired) electrons. The number of ether oxygens (including phenoxy) is 1. The van der Waals surface area contributed by atoms with Crippen LogP contribution in [0.1, 0.15) is 37.5 Å². The lowest BCUT2D eigenvalue weighted by Gasteiger charge is -2.41. The molecule has 0 fully saturated rings. The summed E-state index contributed by atoms with van der Waals surface area (Å²) in [7, 11) is 3.79. The van der Waals surface area contributed by atoms with Crippen molar-refractivity contribution in [1.29, 1.82) is 0 Å². The van der Waals surface area contributed by atoms with E-state index in [9.17, 15) is 5.11 Å². The lowest BCUT2D eigenvalue weighted by molar-refractivity contribution is 0.282. The van der Waals surface area contributed by atoms with E-state index in [1.165, 1.54) is 11.1 Å². The molecule has 0 saturated heterocycles. The van der Waals surface area contributed by atoms with Gasteiger partial charge in [0.2, 0.25) is 0 Å². The third kappa shape index (κ3) is 2.83. The van der Waals surface area contributed by atoms with Crippen molar-refractivity contribution in [3.63, 3.8) is 0 Å². The Balaban J connectivity index is 2.30. The van der Waals surface area contributed by atoms with Crippen LogP contribution in [0.25, 0.3) is 16.7 Å². The molecule has 3 nitrogen and oxygen atoms in total. The fourth-order valence-corrected chi connectivity index (χ4v) is 3.81. The summed E-state index contributed by atoms with van der Waals surface area (Å²) in [5, 5.41) is 10.2. The van der Waals surface area contributed by atoms with Crippen LogP contribution in [0.15, 0.2) is 36.4 Å². The van der Waals surface area contributed by atoms with E-state index in [1.807, 2.05) is 12.1 Å². The molecule has 0 aromatic heterocycles. The minimum atomic E-state index is -0.0493. The molecule has 1 aliphatic heterocycles. The molecule has 3 heteroatoms. The third-order valence-corrected chi connectivity index (χ3v) is 5.28. The second-order valence-electron chi connectivity index (χ2n) is 7.39. The van der Waals surface area contributed by atoms with Crippen molar-refractivity contribution in [2.24, 2.45) is 0 Å². The summed E-state index contributed by atoms with van der Waals surface area (Å²) in [4.78, 5) is 2.27. The van der Waals surface area contributed by atoms with Gasteiger partial charge in [0.25, 0.3) is 0 Å². The summed E-state index contributed by atoms with van der Waals surface area (Å²) in [6.45, 7) is 8.60. The van der Waals surface area contributed by atoms with Gasteiger partial charge in [-0.1, -0.05) is 23.8 Å². The lowest BCUT2D eigenvalue weighted by atomic mass is 9.84. The molecule has 0 saturated carbocycles. The van der Waals surface area contributed by atoms with Crippen LogP contribution in [0.2, 0.25) is 0 Å². The van der Waals surface area contributed by atoms with Gasteiger partial charge in [-0.25, -0.2) is 0 Å². The quantitative estimate of drug-likeness (QED) is 0.873. The van der Waals surface area contributed by atoms with Crippen molar-refractivity contribution < 1.29 is 9.84 Å². The van der Waals surface area contributed by atoms with Gasteiger partial charge in [0.05, 0.1) is 19.3 Å². The first-order valence-corrected chi connectivity index (χ1v) is 8.65. The maximum atomic E-state index is 10.2. The highest BCUT2D eigenvalue weighted by Crippen LogP contribution is 2.44. The summed E-state index contributed by atoms with van der Waals surface area (Å²) in [6, 6.07) is 10.4. The predicted molar refractivity (Wildman–Crippen MR) is 105 cm³/mol. The number of fused-ring (bicyclic) bond motifs is 1. The molecule has 2 aromatic rings. The maximum Gasteiger partial charge on any atom is 0.126 e. The molecule has 0 bridgehead atoms. The average Bonchev–Trinajstić information content (AvgIpc) is 2.58. The van der Waals surface area contributed by atoms with Gasteiger partial charge in [-0.15, -0.1) is 0 Å². The van der Waals surface area contributed by atoms with Gasteiger partial charge in [-0.2, -0.15) is 0 Å². The Kier molecular flexibility index (Phi) is 4.38. The number of aliphatic hydroxyl groups excluding tert-OH is 1. The van der Waals surface area contributed by atoms with Crippen LogP contribution in [-0.4, -0.2) is 24.8 Å². The summed E-state index contributed by atoms with van der Waals surface area (Å²) in [5.41, 5.74) is 7.62. The molecule has 25 heavy (non-hydrogen) atoms. The van der Waals surface area contributed by atoms with Crippen molar-refractivity contribution in [1.82, 2.24) is 0 Å². The van der Waals surface area contributed by atoms with Gasteiger partial charge < -0.3 is 14.7 Å². The van der Waals surface area contributed by atoms with Gasteiger partial charge in [0.1, 0.15) is 5.75 Å². The molecule has 0 aliphatic carbocycles. The second-order valence-corrected chi connectivity index (χ2v) is 7.39. The molecular formula is C22H27NO2. The number of aliphatic hydroxyl groups is 1. The van der Waals surface area contributed by atoms with Crippen LogP contribution in [-0.2, 0) is 6.61 Å². The predicted octanol–water partition coefficient (Wildman–Crippen LogP) is 4.79. The van der Waals surface area contributed by atoms with Gasteiger partial charge in [-0.3, -0.25) is 0 Å². The smallest absolute Gasteiger partial charge is 0.126 e. The number of hydrogen-bond donors (Lipinski definition) is 1. The Bertz CT molecular complexity index is 849. The molecule has 0 amide bonds. The van der Waals surface area contributed by atoms with E-state index >= 15 is 0 Å². The molecule has 1 N–H and O–H groups in total. The highest BCUT2D eigenvalue weighted by molar-refractivity contribution is 5.89. The van der Waals surface area contributed by atoms with Gasteiger partial charge >= 0.3 is 0 Å². The lowest BCUT2D eigenvalue weighted by Crippen LogP contribution is -2.42. The summed E-state index contributed by atoms with van der Waals surface area (Å²) in [6.07, 6.45) is 2.27. The molecular weight excluding hydrogens is 310 g/mol. The minimum absolute atomic E-state index is 0.00491. The van der Waals surface area contributed by atoms with Crippen LogP contribution in [0, 0.1) is 6.92 Å². The van der Waals surface area contributed by atoms with Gasteiger partial charge in [-0.05, 0) is 62.6 Å². The molecule has 2 aromatic carbocycles. The number of methoxy groups -OCH3 is 1. The van der Waals surface area contributed by atoms with Crippen molar-refractivity contribution >= 4 is 11.3 Å². The van der Waals surface area contributed by atoms with Crippen LogP contribution in [0.3, 0.4) is 0 Å². The van der Waals surface area contributed by atoms with E-state index in [-0.39, 0.29) is 12.1 Å². The zero-order valence-electron chi connectivity index (χ0n) is 16.0. The average molecular weight is 337 g/mol. The number of likely N-dealkylation sites (N-methyl/N-ethyl adjacent to an activating group) is 1. The fraction of sp³-hybridized carbons (Fsp3) is 0.364. The van der Waals surface area contributed by atoms with Crippen molar-refractivity contribution in [3.8, 4) is 16.9 Å². The second kappa shape index (κ2) is 6.23. The van der Waals surface area contributed by atoms with Crippen molar-refractivity contribution in [3.05, 3.63) is 53.1 Å². The van der Waals surface area contributed by atoms with E-state index in [1.54, 1.807) is 7.11 Å². The Morgan fingerprint density at radius 3 is 2.44 bits per heavy atom. The number of hydrogen-bond acceptors (Lipinski definition) is 3. The SMILES string of the molecule is COc1ccc(C)cc1-c1ccc2c(c1CO)C(C)=CC(C)(C)N2C. The first kappa shape index (κ1) is 17.6. The fourth-order valence-electron chi connectivity index (χ4n) is 3.81. The number of aryl methyl sites for hydroxylation is 1. The van der Waals surface area contributed by atoms with Crippen LogP contribution < -0.4 is 9.64 Å². The van der Waals surface area contributed by atoms with Crippen molar-refractivity contribution in [2.75, 3.05) is 19.1 Å². The first-order valence-electron chi connectivity index (χ1n) is 8.65. The molecule has 1 aliphatic rings. The standard InChI is InChI=1S/C22H27NO2/c1-14-7-10-20(25-6)17(11-14)16-8-9-19-21(18(16)13-24)15(2)12-22(3,4)23(19)5/h7-12,24H,13H2,1-6H3. The number of benzene rings is 2. The Labute approximate surface area is 150 Å². The number of nitrogens with zero attached hydrogens (tertiary/aromatic N) is 1. The van der Waals surface area contributed by atoms with E-state index in [0.29, 0.717) is 0 Å². The Hall–Kier alpha value is -2.26. The van der Waals surface area contributed by atoms with Crippen LogP contribution >= 0.6 is 0 Å². The topological polar surface area (TPSA) is 32.7 Å². The highest BCUT2D eigenvalue weighted by atomic mass is 16.5. The van der Waals surface area contributed by atoms with Crippen LogP contribution in [0.5, 0.6) is 5.75 Å². The zero-order valence-corrected chi connectivity index (χ0v) is 16.0. The zero-order chi connectivity index (χ0) is 18.4. The maximum absolute atomic E-state index is 10.2. The normalized spacial score (nSPS) is 15.6. The first-order chi connectivity index (χ1) is 11.8. The number of allylic oxidation sites excluding steroid dienone is 1. The molecule has 0 unspecified atom stereocenters. The van der Waals surface area contributed by atoms with E-state index < -0.39 is 0 Å². The number of rotatable bonds is 3. The minimum Gasteiger partial charge on any atom is -0.496 e. The molecule has 0 atom stereocenters. The Morgan fingerprint density at radius 1 is 1.08 bits per heavy atom. The molecule has 1 heterocycles. The number of anilines is 1. The third-order valence-electron chi connectivity index (χ3n) is 5.28. The largest absolute Gasteiger partial charge is 0.496 e. The molecule has 0 spiro atoms. The molecule has 3 rings (SSSR count). The van der Waals surface area contributed by atoms with E-state index in [0.717, 1.165) is 33.7 Å². The summed E-state index contributed by atoms with van der Waals surface area (Å²) >= 11 is 0. The van der Waals surface area contributed by atoms with Crippen LogP contribution in [0.4, 0.5) is 5.69 Å². The summed E-state index contributed by atoms with van der Waals surface area (Å²) < 4.78 is 5.57. The van der Waals surface area contributed by atoms with Crippen molar-refractivity contribution in [2.45, 2.75) is 39.8 Å². The van der Waals surface area contributed by atoms with E-state index in [4.69, 9.17) is 4.74 Å². The van der Waals surface area contributed by atoms with Gasteiger partial charge in [0, 0.05) is 23.9 Å². The van der Waals surface area contributed by atoms with Gasteiger partial charge in [0.15, 0.2) is 0 Å². The highest BCUT2D eigenvalue weighted by Gasteiger charge is 2.30. The van der Waals surface area contributed by atoms with E-state index in [2.05, 4.69) is 63.9 Å². The molecule has 132 valence electrons.